The molecule has 2 aliphatic rings. The minimum atomic E-state index is -0.101. The van der Waals surface area contributed by atoms with Crippen LogP contribution in [-0.2, 0) is 5.41 Å². The predicted molar refractivity (Wildman–Crippen MR) is 172 cm³/mol. The third-order valence-corrected chi connectivity index (χ3v) is 9.47. The van der Waals surface area contributed by atoms with Gasteiger partial charge in [-0.3, -0.25) is 0 Å². The Morgan fingerprint density at radius 3 is 1.80 bits per heavy atom. The lowest BCUT2D eigenvalue weighted by molar-refractivity contribution is 0.632. The first-order chi connectivity index (χ1) is 19.3. The van der Waals surface area contributed by atoms with Crippen LogP contribution in [0.25, 0.3) is 21.8 Å². The van der Waals surface area contributed by atoms with Crippen LogP contribution in [0.3, 0.4) is 0 Å². The van der Waals surface area contributed by atoms with Crippen molar-refractivity contribution in [1.29, 1.82) is 0 Å². The van der Waals surface area contributed by atoms with Gasteiger partial charge in [0.15, 0.2) is 0 Å². The minimum absolute atomic E-state index is 0.0614. The molecule has 0 amide bonds. The number of fused-ring (bicyclic) bond motifs is 7. The highest BCUT2D eigenvalue weighted by atomic mass is 15.2. The van der Waals surface area contributed by atoms with E-state index in [4.69, 9.17) is 0 Å². The number of anilines is 3. The molecule has 8 rings (SSSR count). The Morgan fingerprint density at radius 2 is 1.12 bits per heavy atom. The molecule has 0 aliphatic carbocycles. The summed E-state index contributed by atoms with van der Waals surface area (Å²) in [5.74, 6) is 0. The number of benzene rings is 5. The van der Waals surface area contributed by atoms with Gasteiger partial charge in [-0.1, -0.05) is 91.7 Å². The number of nitrogens with zero attached hydrogens (tertiary/aromatic N) is 2. The third kappa shape index (κ3) is 2.90. The van der Waals surface area contributed by atoms with Crippen LogP contribution in [0.4, 0.5) is 17.1 Å². The molecular formula is C37H33BN2. The quantitative estimate of drug-likeness (QED) is 0.200. The van der Waals surface area contributed by atoms with Crippen molar-refractivity contribution >= 4 is 56.6 Å². The second-order valence-electron chi connectivity index (χ2n) is 12.5. The fourth-order valence-electron chi connectivity index (χ4n) is 7.96. The van der Waals surface area contributed by atoms with Crippen molar-refractivity contribution in [3.63, 3.8) is 0 Å². The van der Waals surface area contributed by atoms with Crippen molar-refractivity contribution in [2.75, 3.05) is 4.90 Å². The van der Waals surface area contributed by atoms with Crippen LogP contribution in [-0.4, -0.2) is 11.3 Å². The number of rotatable bonds is 1. The Kier molecular flexibility index (Phi) is 4.68. The van der Waals surface area contributed by atoms with Gasteiger partial charge in [-0.05, 0) is 85.1 Å². The van der Waals surface area contributed by atoms with Crippen molar-refractivity contribution in [3.05, 3.63) is 124 Å². The maximum atomic E-state index is 2.67. The van der Waals surface area contributed by atoms with Crippen molar-refractivity contribution in [2.45, 2.75) is 47.0 Å². The Bertz CT molecular complexity index is 1980. The third-order valence-electron chi connectivity index (χ3n) is 9.47. The summed E-state index contributed by atoms with van der Waals surface area (Å²) in [7, 11) is 0. The molecular weight excluding hydrogens is 483 g/mol. The van der Waals surface area contributed by atoms with E-state index in [1.165, 1.54) is 83.2 Å². The molecule has 0 spiro atoms. The van der Waals surface area contributed by atoms with Gasteiger partial charge in [-0.2, -0.15) is 0 Å². The molecule has 0 N–H and O–H groups in total. The Hall–Kier alpha value is -4.24. The van der Waals surface area contributed by atoms with Gasteiger partial charge in [0.25, 0.3) is 0 Å². The second-order valence-corrected chi connectivity index (χ2v) is 12.5. The van der Waals surface area contributed by atoms with Gasteiger partial charge >= 0.3 is 6.85 Å². The predicted octanol–water partition coefficient (Wildman–Crippen LogP) is 8.10. The summed E-state index contributed by atoms with van der Waals surface area (Å²) in [5.41, 5.74) is 17.3. The van der Waals surface area contributed by atoms with E-state index in [0.29, 0.717) is 0 Å². The standard InChI is InChI=1S/C37H33BN2/c1-22-18-24(3)34-26(20-22)27-21-23(2)19-25(4)35(27)40(34)38-30-14-8-10-17-33(30)39-32-16-9-7-12-28(32)37(5,6)29-13-11-15-31(38)36(29)39/h7-21H,1-6H3. The average Bonchev–Trinajstić information content (AvgIpc) is 3.25. The molecule has 1 aromatic heterocycles. The molecule has 6 aromatic rings. The van der Waals surface area contributed by atoms with Gasteiger partial charge in [0.05, 0.1) is 5.69 Å². The SMILES string of the molecule is Cc1cc(C)c2c(c1)c1cc(C)cc(C)c1n2B1c2ccccc2N2c3ccccc3C(C)(C)c3cccc1c32. The summed E-state index contributed by atoms with van der Waals surface area (Å²) >= 11 is 0. The van der Waals surface area contributed by atoms with E-state index in [-0.39, 0.29) is 12.3 Å². The maximum absolute atomic E-state index is 2.67. The number of aromatic nitrogens is 1. The highest BCUT2D eigenvalue weighted by Gasteiger charge is 2.45. The van der Waals surface area contributed by atoms with E-state index < -0.39 is 0 Å². The van der Waals surface area contributed by atoms with Crippen molar-refractivity contribution < 1.29 is 0 Å². The normalized spacial score (nSPS) is 14.8. The van der Waals surface area contributed by atoms with Crippen LogP contribution in [0.2, 0.25) is 0 Å². The summed E-state index contributed by atoms with van der Waals surface area (Å²) in [5, 5.41) is 2.71. The van der Waals surface area contributed by atoms with E-state index in [1.807, 2.05) is 0 Å². The summed E-state index contributed by atoms with van der Waals surface area (Å²) in [6.45, 7) is 13.8. The Balaban J connectivity index is 1.56. The highest BCUT2D eigenvalue weighted by molar-refractivity contribution is 6.88. The molecule has 2 aliphatic heterocycles. The topological polar surface area (TPSA) is 8.17 Å². The van der Waals surface area contributed by atoms with E-state index in [9.17, 15) is 0 Å². The maximum Gasteiger partial charge on any atom is 0.332 e. The van der Waals surface area contributed by atoms with Crippen LogP contribution in [0.1, 0.15) is 47.2 Å². The van der Waals surface area contributed by atoms with E-state index in [1.54, 1.807) is 0 Å². The molecule has 3 heteroatoms. The van der Waals surface area contributed by atoms with E-state index in [2.05, 4.69) is 142 Å². The van der Waals surface area contributed by atoms with Gasteiger partial charge in [0.2, 0.25) is 0 Å². The van der Waals surface area contributed by atoms with Crippen molar-refractivity contribution in [1.82, 2.24) is 4.48 Å². The average molecular weight is 516 g/mol. The first-order valence-electron chi connectivity index (χ1n) is 14.4. The molecule has 0 fully saturated rings. The lowest BCUT2D eigenvalue weighted by atomic mass is 9.46. The zero-order chi connectivity index (χ0) is 27.5. The highest BCUT2D eigenvalue weighted by Crippen LogP contribution is 2.52. The molecule has 0 unspecified atom stereocenters. The fourth-order valence-corrected chi connectivity index (χ4v) is 7.96. The molecule has 0 radical (unpaired) electrons. The van der Waals surface area contributed by atoms with Crippen LogP contribution in [0.5, 0.6) is 0 Å². The van der Waals surface area contributed by atoms with Crippen LogP contribution < -0.4 is 15.8 Å². The molecule has 0 saturated heterocycles. The second kappa shape index (κ2) is 7.91. The monoisotopic (exact) mass is 516 g/mol. The first-order valence-corrected chi connectivity index (χ1v) is 14.4. The number of hydrogen-bond donors (Lipinski definition) is 0. The smallest absolute Gasteiger partial charge is 0.332 e. The van der Waals surface area contributed by atoms with Gasteiger partial charge in [-0.25, -0.2) is 0 Å². The van der Waals surface area contributed by atoms with Crippen molar-refractivity contribution in [2.24, 2.45) is 0 Å². The Labute approximate surface area is 237 Å². The molecule has 0 bridgehead atoms. The number of aryl methyl sites for hydroxylation is 4. The molecule has 0 atom stereocenters. The van der Waals surface area contributed by atoms with E-state index in [0.717, 1.165) is 0 Å². The largest absolute Gasteiger partial charge is 0.375 e. The Morgan fingerprint density at radius 1 is 0.575 bits per heavy atom. The molecule has 0 saturated carbocycles. The first kappa shape index (κ1) is 23.6. The zero-order valence-corrected chi connectivity index (χ0v) is 24.1. The number of hydrogen-bond acceptors (Lipinski definition) is 1. The van der Waals surface area contributed by atoms with E-state index >= 15 is 0 Å². The van der Waals surface area contributed by atoms with Crippen LogP contribution in [0, 0.1) is 27.7 Å². The lowest BCUT2D eigenvalue weighted by Gasteiger charge is -2.47. The van der Waals surface area contributed by atoms with Gasteiger partial charge in [0.1, 0.15) is 0 Å². The zero-order valence-electron chi connectivity index (χ0n) is 24.1. The van der Waals surface area contributed by atoms with Gasteiger partial charge in [-0.15, -0.1) is 0 Å². The molecule has 194 valence electrons. The van der Waals surface area contributed by atoms with Crippen molar-refractivity contribution in [3.8, 4) is 0 Å². The lowest BCUT2D eigenvalue weighted by Crippen LogP contribution is -2.56. The molecule has 3 heterocycles. The van der Waals surface area contributed by atoms with Gasteiger partial charge in [0, 0.05) is 38.6 Å². The summed E-state index contributed by atoms with van der Waals surface area (Å²) in [6, 6.07) is 34.5. The summed E-state index contributed by atoms with van der Waals surface area (Å²) in [4.78, 5) is 2.54. The minimum Gasteiger partial charge on any atom is -0.375 e. The number of para-hydroxylation sites is 3. The summed E-state index contributed by atoms with van der Waals surface area (Å²) in [6.07, 6.45) is 0. The molecule has 5 aromatic carbocycles. The molecule has 40 heavy (non-hydrogen) atoms. The van der Waals surface area contributed by atoms with Gasteiger partial charge < -0.3 is 9.38 Å². The fraction of sp³-hybridized carbons (Fsp3) is 0.189. The van der Waals surface area contributed by atoms with Crippen LogP contribution >= 0.6 is 0 Å². The molecule has 2 nitrogen and oxygen atoms in total. The van der Waals surface area contributed by atoms with Crippen LogP contribution in [0.15, 0.2) is 91.0 Å². The summed E-state index contributed by atoms with van der Waals surface area (Å²) < 4.78 is 2.67.